The van der Waals surface area contributed by atoms with E-state index in [1.807, 2.05) is 13.8 Å². The number of carbonyl (C=O) groups is 1. The minimum atomic E-state index is -0.475. The first-order valence-electron chi connectivity index (χ1n) is 5.73. The third kappa shape index (κ3) is 3.70. The van der Waals surface area contributed by atoms with Crippen molar-refractivity contribution in [2.24, 2.45) is 0 Å². The lowest BCUT2D eigenvalue weighted by atomic mass is 10.2. The van der Waals surface area contributed by atoms with E-state index in [0.717, 1.165) is 0 Å². The summed E-state index contributed by atoms with van der Waals surface area (Å²) in [6, 6.07) is 4.89. The van der Waals surface area contributed by atoms with E-state index in [2.05, 4.69) is 5.92 Å². The normalized spacial score (nSPS) is 9.39. The quantitative estimate of drug-likeness (QED) is 0.572. The van der Waals surface area contributed by atoms with Crippen LogP contribution < -0.4 is 9.47 Å². The molecule has 0 unspecified atom stereocenters. The lowest BCUT2D eigenvalue weighted by Crippen LogP contribution is -2.06. The molecule has 1 rings (SSSR count). The van der Waals surface area contributed by atoms with Gasteiger partial charge < -0.3 is 14.2 Å². The standard InChI is InChI=1S/C14H16O4/c1-4-9-18-14(15)11-7-8-12(16-5-2)13(10-11)17-6-3/h1,7-8,10H,5-6,9H2,2-3H3. The molecule has 0 atom stereocenters. The fourth-order valence-electron chi connectivity index (χ4n) is 1.37. The van der Waals surface area contributed by atoms with Gasteiger partial charge in [0.05, 0.1) is 18.8 Å². The van der Waals surface area contributed by atoms with Gasteiger partial charge >= 0.3 is 5.97 Å². The maximum atomic E-state index is 11.6. The summed E-state index contributed by atoms with van der Waals surface area (Å²) in [7, 11) is 0. The molecule has 0 radical (unpaired) electrons. The maximum absolute atomic E-state index is 11.6. The average molecular weight is 248 g/mol. The van der Waals surface area contributed by atoms with Gasteiger partial charge in [0.15, 0.2) is 18.1 Å². The second-order valence-corrected chi connectivity index (χ2v) is 3.31. The highest BCUT2D eigenvalue weighted by atomic mass is 16.5. The smallest absolute Gasteiger partial charge is 0.339 e. The molecule has 0 aromatic heterocycles. The summed E-state index contributed by atoms with van der Waals surface area (Å²) in [4.78, 5) is 11.6. The molecule has 4 nitrogen and oxygen atoms in total. The number of hydrogen-bond donors (Lipinski definition) is 0. The Labute approximate surface area is 107 Å². The van der Waals surface area contributed by atoms with Crippen molar-refractivity contribution in [2.75, 3.05) is 19.8 Å². The third-order valence-corrected chi connectivity index (χ3v) is 2.07. The highest BCUT2D eigenvalue weighted by Crippen LogP contribution is 2.28. The topological polar surface area (TPSA) is 44.8 Å². The molecular weight excluding hydrogens is 232 g/mol. The van der Waals surface area contributed by atoms with Crippen molar-refractivity contribution in [1.29, 1.82) is 0 Å². The van der Waals surface area contributed by atoms with E-state index < -0.39 is 5.97 Å². The summed E-state index contributed by atoms with van der Waals surface area (Å²) in [6.45, 7) is 4.71. The molecule has 0 saturated heterocycles. The first kappa shape index (κ1) is 13.9. The number of ether oxygens (including phenoxy) is 3. The Morgan fingerprint density at radius 2 is 1.89 bits per heavy atom. The van der Waals surface area contributed by atoms with E-state index in [1.165, 1.54) is 0 Å². The van der Waals surface area contributed by atoms with Crippen LogP contribution in [0.4, 0.5) is 0 Å². The van der Waals surface area contributed by atoms with Gasteiger partial charge in [-0.05, 0) is 32.0 Å². The van der Waals surface area contributed by atoms with E-state index in [9.17, 15) is 4.79 Å². The zero-order valence-electron chi connectivity index (χ0n) is 10.6. The Morgan fingerprint density at radius 1 is 1.22 bits per heavy atom. The van der Waals surface area contributed by atoms with Crippen LogP contribution in [0.2, 0.25) is 0 Å². The van der Waals surface area contributed by atoms with Crippen molar-refractivity contribution in [3.8, 4) is 23.8 Å². The minimum Gasteiger partial charge on any atom is -0.490 e. The molecule has 18 heavy (non-hydrogen) atoms. The Balaban J connectivity index is 2.92. The molecule has 0 N–H and O–H groups in total. The van der Waals surface area contributed by atoms with Crippen LogP contribution in [0.3, 0.4) is 0 Å². The van der Waals surface area contributed by atoms with E-state index >= 15 is 0 Å². The van der Waals surface area contributed by atoms with Crippen molar-refractivity contribution >= 4 is 5.97 Å². The molecule has 1 aromatic carbocycles. The molecule has 0 spiro atoms. The van der Waals surface area contributed by atoms with Gasteiger partial charge in [-0.1, -0.05) is 5.92 Å². The predicted octanol–water partition coefficient (Wildman–Crippen LogP) is 2.27. The summed E-state index contributed by atoms with van der Waals surface area (Å²) in [5.41, 5.74) is 0.386. The van der Waals surface area contributed by atoms with E-state index in [-0.39, 0.29) is 6.61 Å². The highest BCUT2D eigenvalue weighted by Gasteiger charge is 2.12. The van der Waals surface area contributed by atoms with E-state index in [0.29, 0.717) is 30.3 Å². The molecule has 0 heterocycles. The third-order valence-electron chi connectivity index (χ3n) is 2.07. The molecule has 0 bridgehead atoms. The molecular formula is C14H16O4. The zero-order valence-corrected chi connectivity index (χ0v) is 10.6. The van der Waals surface area contributed by atoms with Crippen LogP contribution in [0.5, 0.6) is 11.5 Å². The van der Waals surface area contributed by atoms with Crippen LogP contribution in [-0.2, 0) is 4.74 Å². The Hall–Kier alpha value is -2.15. The Morgan fingerprint density at radius 3 is 2.50 bits per heavy atom. The average Bonchev–Trinajstić information content (AvgIpc) is 2.38. The van der Waals surface area contributed by atoms with Crippen molar-refractivity contribution in [2.45, 2.75) is 13.8 Å². The lowest BCUT2D eigenvalue weighted by Gasteiger charge is -2.11. The van der Waals surface area contributed by atoms with Gasteiger partial charge in [-0.15, -0.1) is 6.42 Å². The number of benzene rings is 1. The molecule has 0 saturated carbocycles. The van der Waals surface area contributed by atoms with Gasteiger partial charge in [0, 0.05) is 0 Å². The molecule has 1 aromatic rings. The van der Waals surface area contributed by atoms with Gasteiger partial charge in [0.2, 0.25) is 0 Å². The molecule has 96 valence electrons. The number of terminal acetylenes is 1. The largest absolute Gasteiger partial charge is 0.490 e. The van der Waals surface area contributed by atoms with Crippen molar-refractivity contribution < 1.29 is 19.0 Å². The van der Waals surface area contributed by atoms with Crippen molar-refractivity contribution in [3.05, 3.63) is 23.8 Å². The van der Waals surface area contributed by atoms with Gasteiger partial charge in [-0.2, -0.15) is 0 Å². The minimum absolute atomic E-state index is 0.0456. The van der Waals surface area contributed by atoms with Crippen LogP contribution >= 0.6 is 0 Å². The summed E-state index contributed by atoms with van der Waals surface area (Å²) >= 11 is 0. The fourth-order valence-corrected chi connectivity index (χ4v) is 1.37. The van der Waals surface area contributed by atoms with Gasteiger partial charge in [-0.3, -0.25) is 0 Å². The first-order chi connectivity index (χ1) is 8.72. The van der Waals surface area contributed by atoms with Crippen LogP contribution in [0.15, 0.2) is 18.2 Å². The zero-order chi connectivity index (χ0) is 13.4. The number of carbonyl (C=O) groups excluding carboxylic acids is 1. The highest BCUT2D eigenvalue weighted by molar-refractivity contribution is 5.90. The van der Waals surface area contributed by atoms with Gasteiger partial charge in [0.25, 0.3) is 0 Å². The number of hydrogen-bond acceptors (Lipinski definition) is 4. The fraction of sp³-hybridized carbons (Fsp3) is 0.357. The summed E-state index contributed by atoms with van der Waals surface area (Å²) in [5.74, 6) is 2.89. The molecule has 0 aliphatic carbocycles. The maximum Gasteiger partial charge on any atom is 0.339 e. The molecule has 0 aliphatic heterocycles. The van der Waals surface area contributed by atoms with Crippen molar-refractivity contribution in [3.63, 3.8) is 0 Å². The molecule has 4 heteroatoms. The van der Waals surface area contributed by atoms with Crippen LogP contribution in [-0.4, -0.2) is 25.8 Å². The second kappa shape index (κ2) is 7.23. The summed E-state index contributed by atoms with van der Waals surface area (Å²) in [5, 5.41) is 0. The first-order valence-corrected chi connectivity index (χ1v) is 5.73. The number of esters is 1. The second-order valence-electron chi connectivity index (χ2n) is 3.31. The van der Waals surface area contributed by atoms with E-state index in [4.69, 9.17) is 20.6 Å². The lowest BCUT2D eigenvalue weighted by molar-refractivity contribution is 0.0556. The van der Waals surface area contributed by atoms with Crippen LogP contribution in [0.25, 0.3) is 0 Å². The van der Waals surface area contributed by atoms with Crippen molar-refractivity contribution in [1.82, 2.24) is 0 Å². The van der Waals surface area contributed by atoms with E-state index in [1.54, 1.807) is 18.2 Å². The monoisotopic (exact) mass is 248 g/mol. The Kier molecular flexibility index (Phi) is 5.59. The van der Waals surface area contributed by atoms with Crippen LogP contribution in [0.1, 0.15) is 24.2 Å². The summed E-state index contributed by atoms with van der Waals surface area (Å²) < 4.78 is 15.6. The Bertz CT molecular complexity index is 446. The van der Waals surface area contributed by atoms with Gasteiger partial charge in [-0.25, -0.2) is 4.79 Å². The van der Waals surface area contributed by atoms with Crippen LogP contribution in [0, 0.1) is 12.3 Å². The number of rotatable bonds is 6. The molecule has 0 amide bonds. The molecule has 0 aliphatic rings. The molecule has 0 fully saturated rings. The van der Waals surface area contributed by atoms with Gasteiger partial charge in [0.1, 0.15) is 0 Å². The summed E-state index contributed by atoms with van der Waals surface area (Å²) in [6.07, 6.45) is 5.02. The predicted molar refractivity (Wildman–Crippen MR) is 67.9 cm³/mol. The SMILES string of the molecule is C#CCOC(=O)c1ccc(OCC)c(OCC)c1.